The van der Waals surface area contributed by atoms with E-state index in [1.165, 1.54) is 23.3 Å². The quantitative estimate of drug-likeness (QED) is 0.655. The number of halogens is 2. The summed E-state index contributed by atoms with van der Waals surface area (Å²) in [7, 11) is 0. The molecule has 1 atom stereocenters. The van der Waals surface area contributed by atoms with E-state index in [1.54, 1.807) is 6.07 Å². The molecule has 0 aliphatic heterocycles. The molecule has 0 heterocycles. The predicted molar refractivity (Wildman–Crippen MR) is 81.1 cm³/mol. The van der Waals surface area contributed by atoms with E-state index in [4.69, 9.17) is 17.4 Å². The molecule has 0 amide bonds. The second-order valence-electron chi connectivity index (χ2n) is 5.00. The average Bonchev–Trinajstić information content (AvgIpc) is 2.42. The van der Waals surface area contributed by atoms with Crippen LogP contribution in [0.3, 0.4) is 0 Å². The van der Waals surface area contributed by atoms with Gasteiger partial charge in [0.2, 0.25) is 0 Å². The molecule has 4 heteroatoms. The Balaban J connectivity index is 2.11. The monoisotopic (exact) mass is 292 g/mol. The van der Waals surface area contributed by atoms with Gasteiger partial charge in [-0.2, -0.15) is 0 Å². The molecule has 2 aromatic rings. The van der Waals surface area contributed by atoms with Gasteiger partial charge in [-0.1, -0.05) is 41.4 Å². The number of rotatable bonds is 5. The zero-order valence-corrected chi connectivity index (χ0v) is 12.1. The molecule has 0 aliphatic carbocycles. The summed E-state index contributed by atoms with van der Waals surface area (Å²) in [6.07, 6.45) is 1.35. The topological polar surface area (TPSA) is 38.0 Å². The van der Waals surface area contributed by atoms with E-state index in [1.807, 2.05) is 6.07 Å². The van der Waals surface area contributed by atoms with Crippen LogP contribution in [0.15, 0.2) is 42.5 Å². The Kier molecular flexibility index (Phi) is 5.12. The van der Waals surface area contributed by atoms with Crippen LogP contribution in [-0.4, -0.2) is 6.04 Å². The molecule has 0 radical (unpaired) electrons. The maximum atomic E-state index is 13.3. The van der Waals surface area contributed by atoms with Crippen molar-refractivity contribution < 1.29 is 4.39 Å². The molecule has 0 spiro atoms. The van der Waals surface area contributed by atoms with E-state index >= 15 is 0 Å². The molecule has 1 unspecified atom stereocenters. The van der Waals surface area contributed by atoms with Gasteiger partial charge in [-0.3, -0.25) is 11.3 Å². The van der Waals surface area contributed by atoms with Gasteiger partial charge in [0.1, 0.15) is 5.82 Å². The molecule has 2 rings (SSSR count). The van der Waals surface area contributed by atoms with Crippen molar-refractivity contribution in [3.05, 3.63) is 70.0 Å². The first kappa shape index (κ1) is 15.0. The van der Waals surface area contributed by atoms with Gasteiger partial charge in [0, 0.05) is 11.1 Å². The lowest BCUT2D eigenvalue weighted by Gasteiger charge is -2.17. The molecule has 106 valence electrons. The highest BCUT2D eigenvalue weighted by molar-refractivity contribution is 6.31. The van der Waals surface area contributed by atoms with Crippen LogP contribution in [0.5, 0.6) is 0 Å². The molecule has 3 N–H and O–H groups in total. The number of hydrazine groups is 1. The van der Waals surface area contributed by atoms with Gasteiger partial charge < -0.3 is 0 Å². The summed E-state index contributed by atoms with van der Waals surface area (Å²) in [4.78, 5) is 0. The van der Waals surface area contributed by atoms with Crippen molar-refractivity contribution in [2.45, 2.75) is 25.8 Å². The molecule has 2 aromatic carbocycles. The Bertz CT molecular complexity index is 586. The first-order valence-electron chi connectivity index (χ1n) is 6.54. The van der Waals surface area contributed by atoms with E-state index in [2.05, 4.69) is 30.5 Å². The number of benzene rings is 2. The Morgan fingerprint density at radius 2 is 2.00 bits per heavy atom. The lowest BCUT2D eigenvalue weighted by atomic mass is 9.98. The van der Waals surface area contributed by atoms with E-state index < -0.39 is 0 Å². The van der Waals surface area contributed by atoms with E-state index in [0.717, 1.165) is 12.0 Å². The van der Waals surface area contributed by atoms with E-state index in [0.29, 0.717) is 11.4 Å². The molecule has 0 bridgehead atoms. The van der Waals surface area contributed by atoms with Gasteiger partial charge >= 0.3 is 0 Å². The summed E-state index contributed by atoms with van der Waals surface area (Å²) in [5.74, 6) is 5.33. The van der Waals surface area contributed by atoms with Gasteiger partial charge in [-0.25, -0.2) is 4.39 Å². The van der Waals surface area contributed by atoms with Crippen molar-refractivity contribution in [1.82, 2.24) is 5.43 Å². The molecule has 20 heavy (non-hydrogen) atoms. The summed E-state index contributed by atoms with van der Waals surface area (Å²) in [5, 5.41) is 0.566. The molecule has 0 aliphatic rings. The van der Waals surface area contributed by atoms with Gasteiger partial charge in [0.25, 0.3) is 0 Å². The molecular weight excluding hydrogens is 275 g/mol. The van der Waals surface area contributed by atoms with Gasteiger partial charge in [-0.05, 0) is 49.1 Å². The summed E-state index contributed by atoms with van der Waals surface area (Å²) in [6.45, 7) is 2.05. The van der Waals surface area contributed by atoms with Crippen LogP contribution < -0.4 is 11.3 Å². The molecule has 0 fully saturated rings. The Hall–Kier alpha value is -1.42. The number of nitrogens with two attached hydrogens (primary N) is 1. The third-order valence-electron chi connectivity index (χ3n) is 3.27. The molecule has 2 nitrogen and oxygen atoms in total. The van der Waals surface area contributed by atoms with Crippen molar-refractivity contribution in [2.24, 2.45) is 5.84 Å². The summed E-state index contributed by atoms with van der Waals surface area (Å²) < 4.78 is 13.3. The zero-order valence-electron chi connectivity index (χ0n) is 11.4. The molecule has 0 saturated heterocycles. The molecular formula is C16H18ClFN2. The Morgan fingerprint density at radius 3 is 2.70 bits per heavy atom. The number of nitrogens with one attached hydrogen (secondary N) is 1. The summed E-state index contributed by atoms with van der Waals surface area (Å²) >= 11 is 6.09. The van der Waals surface area contributed by atoms with Crippen molar-refractivity contribution in [1.29, 1.82) is 0 Å². The highest BCUT2D eigenvalue weighted by Gasteiger charge is 2.12. The number of hydrogen-bond donors (Lipinski definition) is 2. The fourth-order valence-electron chi connectivity index (χ4n) is 2.28. The average molecular weight is 293 g/mol. The minimum absolute atomic E-state index is 0.0103. The van der Waals surface area contributed by atoms with Crippen molar-refractivity contribution in [3.63, 3.8) is 0 Å². The summed E-state index contributed by atoms with van der Waals surface area (Å²) in [5.41, 5.74) is 5.96. The second-order valence-corrected chi connectivity index (χ2v) is 5.40. The largest absolute Gasteiger partial charge is 0.271 e. The number of hydrogen-bond acceptors (Lipinski definition) is 2. The third-order valence-corrected chi connectivity index (χ3v) is 3.64. The molecule has 0 saturated carbocycles. The van der Waals surface area contributed by atoms with E-state index in [9.17, 15) is 4.39 Å². The lowest BCUT2D eigenvalue weighted by molar-refractivity contribution is 0.520. The lowest BCUT2D eigenvalue weighted by Crippen LogP contribution is -2.38. The van der Waals surface area contributed by atoms with Crippen molar-refractivity contribution >= 4 is 11.6 Å². The van der Waals surface area contributed by atoms with Gasteiger partial charge in [0.05, 0.1) is 0 Å². The minimum atomic E-state index is -0.282. The Labute approximate surface area is 123 Å². The van der Waals surface area contributed by atoms with E-state index in [-0.39, 0.29) is 11.9 Å². The van der Waals surface area contributed by atoms with Crippen LogP contribution in [0.4, 0.5) is 4.39 Å². The van der Waals surface area contributed by atoms with Crippen LogP contribution >= 0.6 is 11.6 Å². The summed E-state index contributed by atoms with van der Waals surface area (Å²) in [6, 6.07) is 12.7. The van der Waals surface area contributed by atoms with Gasteiger partial charge in [-0.15, -0.1) is 0 Å². The highest BCUT2D eigenvalue weighted by Crippen LogP contribution is 2.19. The normalized spacial score (nSPS) is 12.4. The van der Waals surface area contributed by atoms with Crippen LogP contribution in [0.25, 0.3) is 0 Å². The fourth-order valence-corrected chi connectivity index (χ4v) is 2.47. The van der Waals surface area contributed by atoms with Crippen LogP contribution in [-0.2, 0) is 12.8 Å². The smallest absolute Gasteiger partial charge is 0.123 e. The maximum absolute atomic E-state index is 13.3. The highest BCUT2D eigenvalue weighted by atomic mass is 35.5. The minimum Gasteiger partial charge on any atom is -0.271 e. The first-order chi connectivity index (χ1) is 9.58. The van der Waals surface area contributed by atoms with Crippen LogP contribution in [0.2, 0.25) is 5.02 Å². The number of aryl methyl sites for hydroxylation is 1. The Morgan fingerprint density at radius 1 is 1.20 bits per heavy atom. The third kappa shape index (κ3) is 4.04. The fraction of sp³-hybridized carbons (Fsp3) is 0.250. The first-order valence-corrected chi connectivity index (χ1v) is 6.92. The van der Waals surface area contributed by atoms with Crippen LogP contribution in [0.1, 0.15) is 16.7 Å². The SMILES string of the molecule is Cc1cccc(CC(Cc2cc(F)ccc2Cl)NN)c1. The van der Waals surface area contributed by atoms with Crippen molar-refractivity contribution in [3.8, 4) is 0 Å². The van der Waals surface area contributed by atoms with Crippen molar-refractivity contribution in [2.75, 3.05) is 0 Å². The maximum Gasteiger partial charge on any atom is 0.123 e. The van der Waals surface area contributed by atoms with Crippen LogP contribution in [0, 0.1) is 12.7 Å². The second kappa shape index (κ2) is 6.84. The standard InChI is InChI=1S/C16H18ClFN2/c1-11-3-2-4-12(7-11)8-15(20-19)10-13-9-14(18)5-6-16(13)17/h2-7,9,15,20H,8,10,19H2,1H3. The zero-order chi connectivity index (χ0) is 14.5. The van der Waals surface area contributed by atoms with Gasteiger partial charge in [0.15, 0.2) is 0 Å². The predicted octanol–water partition coefficient (Wildman–Crippen LogP) is 3.40. The molecule has 0 aromatic heterocycles.